The molecule has 0 radical (unpaired) electrons. The minimum absolute atomic E-state index is 0.163. The molecule has 1 aromatic rings. The highest BCUT2D eigenvalue weighted by atomic mass is 31.2. The van der Waals surface area contributed by atoms with Crippen molar-refractivity contribution in [2.45, 2.75) is 20.3 Å². The fourth-order valence-corrected chi connectivity index (χ4v) is 1.54. The topological polar surface area (TPSA) is 93.1 Å². The minimum Gasteiger partial charge on any atom is -0.301 e. The van der Waals surface area contributed by atoms with Gasteiger partial charge >= 0.3 is 13.8 Å². The van der Waals surface area contributed by atoms with Crippen LogP contribution in [0.4, 0.5) is 0 Å². The third kappa shape index (κ3) is 5.42. The van der Waals surface area contributed by atoms with E-state index in [1.165, 1.54) is 12.1 Å². The largest absolute Gasteiger partial charge is 0.505 e. The number of hydrogen-bond acceptors (Lipinski definition) is 4. The summed E-state index contributed by atoms with van der Waals surface area (Å²) >= 11 is 0. The predicted molar refractivity (Wildman–Crippen MR) is 63.5 cm³/mol. The Kier molecular flexibility index (Phi) is 5.04. The molecule has 0 bridgehead atoms. The van der Waals surface area contributed by atoms with E-state index in [1.807, 2.05) is 0 Å². The number of rotatable bonds is 5. The van der Waals surface area contributed by atoms with Crippen LogP contribution in [0.15, 0.2) is 24.3 Å². The maximum Gasteiger partial charge on any atom is 0.505 e. The van der Waals surface area contributed by atoms with Gasteiger partial charge < -0.3 is 9.79 Å². The molecule has 0 aromatic heterocycles. The van der Waals surface area contributed by atoms with Gasteiger partial charge in [0.05, 0.1) is 5.56 Å². The Balaban J connectivity index is 2.62. The van der Waals surface area contributed by atoms with Gasteiger partial charge in [0, 0.05) is 0 Å². The lowest BCUT2D eigenvalue weighted by Crippen LogP contribution is -2.05. The molecule has 0 heterocycles. The van der Waals surface area contributed by atoms with E-state index in [-0.39, 0.29) is 5.56 Å². The summed E-state index contributed by atoms with van der Waals surface area (Å²) in [5.74, 6) is -0.449. The molecule has 0 unspecified atom stereocenters. The summed E-state index contributed by atoms with van der Waals surface area (Å²) in [5, 5.41) is 0. The zero-order chi connectivity index (χ0) is 13.8. The smallest absolute Gasteiger partial charge is 0.301 e. The van der Waals surface area contributed by atoms with Gasteiger partial charge in [0.15, 0.2) is 0 Å². The van der Waals surface area contributed by atoms with Gasteiger partial charge in [-0.1, -0.05) is 30.7 Å². The Hall–Kier alpha value is -1.20. The van der Waals surface area contributed by atoms with Crippen LogP contribution in [0.25, 0.3) is 0 Å². The molecule has 1 aromatic carbocycles. The second-order valence-electron chi connectivity index (χ2n) is 4.23. The highest BCUT2D eigenvalue weighted by Crippen LogP contribution is 2.36. The van der Waals surface area contributed by atoms with E-state index in [4.69, 9.17) is 9.79 Å². The highest BCUT2D eigenvalue weighted by Gasteiger charge is 2.19. The summed E-state index contributed by atoms with van der Waals surface area (Å²) in [4.78, 5) is 32.1. The first-order chi connectivity index (χ1) is 8.28. The number of phosphoric acid groups is 1. The molecule has 0 aliphatic heterocycles. The first kappa shape index (κ1) is 14.9. The zero-order valence-corrected chi connectivity index (χ0v) is 11.0. The van der Waals surface area contributed by atoms with E-state index in [0.717, 1.165) is 12.0 Å². The van der Waals surface area contributed by atoms with Gasteiger partial charge in [-0.15, -0.1) is 0 Å². The molecule has 7 heteroatoms. The number of carbonyl (C=O) groups excluding carboxylic acids is 1. The van der Waals surface area contributed by atoms with Gasteiger partial charge in [-0.05, 0) is 30.0 Å². The Labute approximate surface area is 105 Å². The molecule has 0 aliphatic carbocycles. The van der Waals surface area contributed by atoms with E-state index < -0.39 is 13.8 Å². The molecular weight excluding hydrogens is 259 g/mol. The summed E-state index contributed by atoms with van der Waals surface area (Å²) in [6.45, 7) is 4.16. The van der Waals surface area contributed by atoms with Crippen molar-refractivity contribution >= 4 is 13.8 Å². The fraction of sp³-hybridized carbons (Fsp3) is 0.364. The van der Waals surface area contributed by atoms with Crippen LogP contribution in [-0.2, 0) is 20.5 Å². The van der Waals surface area contributed by atoms with Crippen molar-refractivity contribution in [2.75, 3.05) is 0 Å². The zero-order valence-electron chi connectivity index (χ0n) is 10.1. The second-order valence-corrected chi connectivity index (χ2v) is 5.36. The lowest BCUT2D eigenvalue weighted by atomic mass is 10.0. The Morgan fingerprint density at radius 1 is 1.28 bits per heavy atom. The van der Waals surface area contributed by atoms with E-state index in [9.17, 15) is 9.36 Å². The molecule has 0 amide bonds. The Morgan fingerprint density at radius 3 is 2.28 bits per heavy atom. The van der Waals surface area contributed by atoms with E-state index in [2.05, 4.69) is 23.4 Å². The summed E-state index contributed by atoms with van der Waals surface area (Å²) < 4.78 is 14.0. The van der Waals surface area contributed by atoms with Gasteiger partial charge in [0.25, 0.3) is 0 Å². The molecule has 0 saturated carbocycles. The third-order valence-corrected chi connectivity index (χ3v) is 2.31. The van der Waals surface area contributed by atoms with Crippen LogP contribution in [0.1, 0.15) is 29.8 Å². The molecule has 2 N–H and O–H groups in total. The fourth-order valence-electron chi connectivity index (χ4n) is 1.38. The number of carbonyl (C=O) groups is 1. The Morgan fingerprint density at radius 2 is 1.83 bits per heavy atom. The maximum absolute atomic E-state index is 11.3. The lowest BCUT2D eigenvalue weighted by Gasteiger charge is -2.06. The monoisotopic (exact) mass is 274 g/mol. The van der Waals surface area contributed by atoms with Crippen molar-refractivity contribution in [2.24, 2.45) is 5.92 Å². The van der Waals surface area contributed by atoms with Crippen LogP contribution in [0, 0.1) is 5.92 Å². The van der Waals surface area contributed by atoms with Crippen LogP contribution in [0.3, 0.4) is 0 Å². The molecule has 0 atom stereocenters. The van der Waals surface area contributed by atoms with Crippen LogP contribution in [-0.4, -0.2) is 15.8 Å². The predicted octanol–water partition coefficient (Wildman–Crippen LogP) is 2.07. The molecule has 0 spiro atoms. The van der Waals surface area contributed by atoms with Crippen molar-refractivity contribution in [3.05, 3.63) is 35.4 Å². The minimum atomic E-state index is -4.81. The number of benzene rings is 1. The summed E-state index contributed by atoms with van der Waals surface area (Å²) in [6.07, 6.45) is 0.883. The van der Waals surface area contributed by atoms with Crippen molar-refractivity contribution in [1.29, 1.82) is 0 Å². The van der Waals surface area contributed by atoms with Crippen LogP contribution < -0.4 is 0 Å². The van der Waals surface area contributed by atoms with Gasteiger partial charge in [0.1, 0.15) is 0 Å². The van der Waals surface area contributed by atoms with Crippen LogP contribution >= 0.6 is 7.82 Å². The molecule has 100 valence electrons. The van der Waals surface area contributed by atoms with E-state index >= 15 is 0 Å². The third-order valence-electron chi connectivity index (χ3n) is 2.04. The van der Waals surface area contributed by atoms with Crippen LogP contribution in [0.5, 0.6) is 0 Å². The van der Waals surface area contributed by atoms with Gasteiger partial charge in [0.2, 0.25) is 0 Å². The van der Waals surface area contributed by atoms with Crippen molar-refractivity contribution in [1.82, 2.24) is 0 Å². The van der Waals surface area contributed by atoms with Crippen molar-refractivity contribution < 1.29 is 28.7 Å². The van der Waals surface area contributed by atoms with Gasteiger partial charge in [-0.2, -0.15) is 0 Å². The average molecular weight is 274 g/mol. The average Bonchev–Trinajstić information content (AvgIpc) is 2.25. The summed E-state index contributed by atoms with van der Waals surface area (Å²) in [6, 6.07) is 6.55. The molecule has 1 rings (SSSR count). The molecule has 0 aliphatic rings. The first-order valence-electron chi connectivity index (χ1n) is 5.33. The molecule has 0 saturated heterocycles. The highest BCUT2D eigenvalue weighted by molar-refractivity contribution is 7.46. The lowest BCUT2D eigenvalue weighted by molar-refractivity contribution is -0.166. The van der Waals surface area contributed by atoms with Gasteiger partial charge in [-0.3, -0.25) is 4.89 Å². The molecular formula is C11H15O6P. The normalized spacial score (nSPS) is 11.6. The van der Waals surface area contributed by atoms with Gasteiger partial charge in [-0.25, -0.2) is 9.36 Å². The molecule has 0 fully saturated rings. The van der Waals surface area contributed by atoms with E-state index in [0.29, 0.717) is 5.92 Å². The maximum atomic E-state index is 11.3. The standard InChI is InChI=1S/C11H15O6P/c1-8(2)7-9-3-5-10(6-4-9)11(12)16-17-18(13,14)15/h3-6,8H,7H2,1-2H3,(H2,13,14,15). The molecule has 6 nitrogen and oxygen atoms in total. The van der Waals surface area contributed by atoms with Crippen molar-refractivity contribution in [3.8, 4) is 0 Å². The second kappa shape index (κ2) is 6.11. The summed E-state index contributed by atoms with van der Waals surface area (Å²) in [5.41, 5.74) is 1.23. The quantitative estimate of drug-likeness (QED) is 0.485. The first-order valence-corrected chi connectivity index (χ1v) is 6.86. The van der Waals surface area contributed by atoms with Crippen LogP contribution in [0.2, 0.25) is 0 Å². The Bertz CT molecular complexity index is 447. The van der Waals surface area contributed by atoms with E-state index in [1.54, 1.807) is 12.1 Å². The number of hydrogen-bond donors (Lipinski definition) is 2. The molecule has 18 heavy (non-hydrogen) atoms. The van der Waals surface area contributed by atoms with Crippen molar-refractivity contribution in [3.63, 3.8) is 0 Å². The SMILES string of the molecule is CC(C)Cc1ccc(C(=O)OOP(=O)(O)O)cc1. The summed E-state index contributed by atoms with van der Waals surface area (Å²) in [7, 11) is -4.81.